The normalized spacial score (nSPS) is 11.8. The van der Waals surface area contributed by atoms with Crippen molar-refractivity contribution in [3.8, 4) is 0 Å². The summed E-state index contributed by atoms with van der Waals surface area (Å²) in [5.74, 6) is -0.165. The highest BCUT2D eigenvalue weighted by Gasteiger charge is 2.22. The SMILES string of the molecule is CC(=O)c1cccc(S(=O)(=O)N(C)Cc2cnn(C)c2)c1. The van der Waals surface area contributed by atoms with Gasteiger partial charge in [-0.2, -0.15) is 9.40 Å². The first-order valence-electron chi connectivity index (χ1n) is 6.35. The third-order valence-corrected chi connectivity index (χ3v) is 4.91. The zero-order chi connectivity index (χ0) is 15.6. The smallest absolute Gasteiger partial charge is 0.243 e. The Morgan fingerprint density at radius 3 is 2.67 bits per heavy atom. The molecule has 0 unspecified atom stereocenters. The second kappa shape index (κ2) is 5.79. The van der Waals surface area contributed by atoms with Gasteiger partial charge in [0, 0.05) is 38.0 Å². The number of nitrogens with zero attached hydrogens (tertiary/aromatic N) is 3. The molecular formula is C14H17N3O3S. The second-order valence-electron chi connectivity index (χ2n) is 4.87. The number of aromatic nitrogens is 2. The van der Waals surface area contributed by atoms with Crippen LogP contribution in [0.25, 0.3) is 0 Å². The van der Waals surface area contributed by atoms with Crippen LogP contribution >= 0.6 is 0 Å². The Balaban J connectivity index is 2.28. The highest BCUT2D eigenvalue weighted by Crippen LogP contribution is 2.18. The van der Waals surface area contributed by atoms with Gasteiger partial charge in [-0.1, -0.05) is 12.1 Å². The molecule has 0 amide bonds. The standard InChI is InChI=1S/C14H17N3O3S/c1-11(18)13-5-4-6-14(7-13)21(19,20)17(3)10-12-8-15-16(2)9-12/h4-9H,10H2,1-3H3. The maximum absolute atomic E-state index is 12.5. The van der Waals surface area contributed by atoms with Crippen LogP contribution in [0.1, 0.15) is 22.8 Å². The first-order valence-corrected chi connectivity index (χ1v) is 7.79. The summed E-state index contributed by atoms with van der Waals surface area (Å²) in [5.41, 5.74) is 1.18. The van der Waals surface area contributed by atoms with Crippen LogP contribution < -0.4 is 0 Å². The summed E-state index contributed by atoms with van der Waals surface area (Å²) in [6, 6.07) is 6.06. The zero-order valence-corrected chi connectivity index (χ0v) is 13.0. The van der Waals surface area contributed by atoms with Gasteiger partial charge in [-0.15, -0.1) is 0 Å². The molecule has 112 valence electrons. The molecule has 0 radical (unpaired) electrons. The van der Waals surface area contributed by atoms with E-state index in [9.17, 15) is 13.2 Å². The third kappa shape index (κ3) is 3.37. The maximum Gasteiger partial charge on any atom is 0.243 e. The molecule has 0 saturated carbocycles. The molecule has 6 nitrogen and oxygen atoms in total. The fourth-order valence-electron chi connectivity index (χ4n) is 1.95. The number of carbonyl (C=O) groups is 1. The van der Waals surface area contributed by atoms with Crippen LogP contribution in [0.15, 0.2) is 41.6 Å². The predicted molar refractivity (Wildman–Crippen MR) is 78.3 cm³/mol. The minimum absolute atomic E-state index is 0.113. The molecule has 0 bridgehead atoms. The lowest BCUT2D eigenvalue weighted by atomic mass is 10.2. The van der Waals surface area contributed by atoms with Crippen LogP contribution in [0, 0.1) is 0 Å². The van der Waals surface area contributed by atoms with Gasteiger partial charge in [0.05, 0.1) is 11.1 Å². The number of aryl methyl sites for hydroxylation is 1. The number of sulfonamides is 1. The minimum Gasteiger partial charge on any atom is -0.295 e. The molecule has 7 heteroatoms. The quantitative estimate of drug-likeness (QED) is 0.784. The molecular weight excluding hydrogens is 290 g/mol. The molecule has 2 rings (SSSR count). The van der Waals surface area contributed by atoms with Crippen molar-refractivity contribution in [3.63, 3.8) is 0 Å². The molecule has 0 fully saturated rings. The van der Waals surface area contributed by atoms with Gasteiger partial charge in [0.15, 0.2) is 5.78 Å². The van der Waals surface area contributed by atoms with E-state index in [1.807, 2.05) is 0 Å². The number of ketones is 1. The van der Waals surface area contributed by atoms with Gasteiger partial charge >= 0.3 is 0 Å². The Morgan fingerprint density at radius 2 is 2.10 bits per heavy atom. The van der Waals surface area contributed by atoms with Crippen molar-refractivity contribution in [2.24, 2.45) is 7.05 Å². The van der Waals surface area contributed by atoms with E-state index >= 15 is 0 Å². The topological polar surface area (TPSA) is 72.3 Å². The van der Waals surface area contributed by atoms with Crippen LogP contribution in [0.5, 0.6) is 0 Å². The van der Waals surface area contributed by atoms with E-state index in [1.165, 1.54) is 30.4 Å². The molecule has 0 saturated heterocycles. The summed E-state index contributed by atoms with van der Waals surface area (Å²) in [7, 11) is -0.365. The summed E-state index contributed by atoms with van der Waals surface area (Å²) in [6.45, 7) is 1.63. The highest BCUT2D eigenvalue weighted by molar-refractivity contribution is 7.89. The van der Waals surface area contributed by atoms with Gasteiger partial charge in [-0.25, -0.2) is 8.42 Å². The maximum atomic E-state index is 12.5. The van der Waals surface area contributed by atoms with E-state index in [2.05, 4.69) is 5.10 Å². The van der Waals surface area contributed by atoms with E-state index < -0.39 is 10.0 Å². The first kappa shape index (κ1) is 15.4. The summed E-state index contributed by atoms with van der Waals surface area (Å²) < 4.78 is 27.9. The molecule has 1 heterocycles. The highest BCUT2D eigenvalue weighted by atomic mass is 32.2. The Hall–Kier alpha value is -1.99. The lowest BCUT2D eigenvalue weighted by Gasteiger charge is -2.16. The van der Waals surface area contributed by atoms with Crippen LogP contribution in [-0.4, -0.2) is 35.3 Å². The molecule has 0 spiro atoms. The third-order valence-electron chi connectivity index (χ3n) is 3.11. The van der Waals surface area contributed by atoms with Crippen molar-refractivity contribution in [2.75, 3.05) is 7.05 Å². The fourth-order valence-corrected chi connectivity index (χ4v) is 3.16. The van der Waals surface area contributed by atoms with Gasteiger partial charge in [-0.3, -0.25) is 9.48 Å². The fraction of sp³-hybridized carbons (Fsp3) is 0.286. The van der Waals surface area contributed by atoms with E-state index in [0.717, 1.165) is 5.56 Å². The first-order chi connectivity index (χ1) is 9.80. The number of hydrogen-bond acceptors (Lipinski definition) is 4. The van der Waals surface area contributed by atoms with E-state index in [4.69, 9.17) is 0 Å². The molecule has 0 atom stereocenters. The average Bonchev–Trinajstić information content (AvgIpc) is 2.84. The monoisotopic (exact) mass is 307 g/mol. The second-order valence-corrected chi connectivity index (χ2v) is 6.91. The molecule has 1 aromatic heterocycles. The molecule has 21 heavy (non-hydrogen) atoms. The van der Waals surface area contributed by atoms with Gasteiger partial charge in [-0.05, 0) is 19.1 Å². The molecule has 0 aliphatic carbocycles. The van der Waals surface area contributed by atoms with E-state index in [1.54, 1.807) is 36.3 Å². The Morgan fingerprint density at radius 1 is 1.38 bits per heavy atom. The number of carbonyl (C=O) groups excluding carboxylic acids is 1. The van der Waals surface area contributed by atoms with Crippen molar-refractivity contribution >= 4 is 15.8 Å². The summed E-state index contributed by atoms with van der Waals surface area (Å²) in [4.78, 5) is 11.5. The number of hydrogen-bond donors (Lipinski definition) is 0. The van der Waals surface area contributed by atoms with Gasteiger partial charge < -0.3 is 0 Å². The van der Waals surface area contributed by atoms with Crippen molar-refractivity contribution in [2.45, 2.75) is 18.4 Å². The average molecular weight is 307 g/mol. The Bertz CT molecular complexity index is 765. The zero-order valence-electron chi connectivity index (χ0n) is 12.1. The Kier molecular flexibility index (Phi) is 4.24. The van der Waals surface area contributed by atoms with Crippen LogP contribution in [0.2, 0.25) is 0 Å². The largest absolute Gasteiger partial charge is 0.295 e. The molecule has 0 aliphatic heterocycles. The molecule has 0 N–H and O–H groups in total. The van der Waals surface area contributed by atoms with Crippen LogP contribution in [0.4, 0.5) is 0 Å². The summed E-state index contributed by atoms with van der Waals surface area (Å²) in [5, 5.41) is 4.01. The molecule has 1 aromatic carbocycles. The van der Waals surface area contributed by atoms with E-state index in [-0.39, 0.29) is 17.2 Å². The van der Waals surface area contributed by atoms with Crippen molar-refractivity contribution in [3.05, 3.63) is 47.8 Å². The minimum atomic E-state index is -3.64. The predicted octanol–water partition coefficient (Wildman–Crippen LogP) is 1.44. The summed E-state index contributed by atoms with van der Waals surface area (Å²) >= 11 is 0. The molecule has 0 aliphatic rings. The Labute approximate surface area is 124 Å². The lowest BCUT2D eigenvalue weighted by molar-refractivity contribution is 0.101. The van der Waals surface area contributed by atoms with Crippen LogP contribution in [-0.2, 0) is 23.6 Å². The number of Topliss-reactive ketones (excluding diaryl/α,β-unsaturated/α-hetero) is 1. The van der Waals surface area contributed by atoms with Gasteiger partial charge in [0.25, 0.3) is 0 Å². The van der Waals surface area contributed by atoms with Gasteiger partial charge in [0.1, 0.15) is 0 Å². The number of rotatable bonds is 5. The van der Waals surface area contributed by atoms with Crippen molar-refractivity contribution in [1.29, 1.82) is 0 Å². The van der Waals surface area contributed by atoms with Crippen molar-refractivity contribution < 1.29 is 13.2 Å². The van der Waals surface area contributed by atoms with Gasteiger partial charge in [0.2, 0.25) is 10.0 Å². The van der Waals surface area contributed by atoms with Crippen molar-refractivity contribution in [1.82, 2.24) is 14.1 Å². The summed E-state index contributed by atoms with van der Waals surface area (Å²) in [6.07, 6.45) is 3.38. The van der Waals surface area contributed by atoms with E-state index in [0.29, 0.717) is 5.56 Å². The molecule has 2 aromatic rings. The lowest BCUT2D eigenvalue weighted by Crippen LogP contribution is -2.26. The van der Waals surface area contributed by atoms with Crippen LogP contribution in [0.3, 0.4) is 0 Å². The number of benzene rings is 1.